The van der Waals surface area contributed by atoms with Gasteiger partial charge in [-0.05, 0) is 43.0 Å². The molecule has 1 aromatic carbocycles. The number of terminal acetylenes is 1. The van der Waals surface area contributed by atoms with Gasteiger partial charge in [0.05, 0.1) is 12.5 Å². The van der Waals surface area contributed by atoms with E-state index in [1.54, 1.807) is 0 Å². The van der Waals surface area contributed by atoms with Crippen molar-refractivity contribution < 1.29 is 5.11 Å². The molecule has 14 heavy (non-hydrogen) atoms. The molecule has 0 aliphatic carbocycles. The lowest BCUT2D eigenvalue weighted by Crippen LogP contribution is -2.04. The molecular formula is C13H16O. The Hall–Kier alpha value is -1.26. The van der Waals surface area contributed by atoms with Gasteiger partial charge in [-0.15, -0.1) is 6.42 Å². The molecule has 0 spiro atoms. The predicted octanol–water partition coefficient (Wildman–Crippen LogP) is 2.32. The number of aryl methyl sites for hydroxylation is 3. The summed E-state index contributed by atoms with van der Waals surface area (Å²) in [5.74, 6) is 2.43. The average molecular weight is 188 g/mol. The molecule has 1 heteroatoms. The van der Waals surface area contributed by atoms with Crippen LogP contribution in [-0.4, -0.2) is 11.7 Å². The topological polar surface area (TPSA) is 20.2 Å². The number of hydrogen-bond donors (Lipinski definition) is 1. The van der Waals surface area contributed by atoms with Gasteiger partial charge >= 0.3 is 0 Å². The van der Waals surface area contributed by atoms with Gasteiger partial charge in [0.1, 0.15) is 0 Å². The van der Waals surface area contributed by atoms with E-state index in [0.717, 1.165) is 11.1 Å². The van der Waals surface area contributed by atoms with E-state index in [1.807, 2.05) is 6.92 Å². The van der Waals surface area contributed by atoms with Crippen molar-refractivity contribution in [3.63, 3.8) is 0 Å². The van der Waals surface area contributed by atoms with Gasteiger partial charge in [-0.3, -0.25) is 0 Å². The number of hydrogen-bond acceptors (Lipinski definition) is 1. The van der Waals surface area contributed by atoms with E-state index in [9.17, 15) is 0 Å². The predicted molar refractivity (Wildman–Crippen MR) is 59.3 cm³/mol. The summed E-state index contributed by atoms with van der Waals surface area (Å²) >= 11 is 0. The minimum absolute atomic E-state index is 0.0137. The third-order valence-electron chi connectivity index (χ3n) is 2.64. The maximum atomic E-state index is 9.12. The fraction of sp³-hybridized carbons (Fsp3) is 0.385. The largest absolute Gasteiger partial charge is 0.395 e. The van der Waals surface area contributed by atoms with Crippen molar-refractivity contribution in [2.45, 2.75) is 26.7 Å². The SMILES string of the molecule is C#CC(CO)c1cc(C)c(C)cc1C. The number of rotatable bonds is 2. The average Bonchev–Trinajstić information content (AvgIpc) is 2.15. The monoisotopic (exact) mass is 188 g/mol. The Balaban J connectivity index is 3.22. The van der Waals surface area contributed by atoms with Crippen LogP contribution in [0.4, 0.5) is 0 Å². The summed E-state index contributed by atoms with van der Waals surface area (Å²) in [6.45, 7) is 6.18. The van der Waals surface area contributed by atoms with E-state index < -0.39 is 0 Å². The highest BCUT2D eigenvalue weighted by molar-refractivity contribution is 5.41. The van der Waals surface area contributed by atoms with Gasteiger partial charge in [0.2, 0.25) is 0 Å². The summed E-state index contributed by atoms with van der Waals surface area (Å²) in [6, 6.07) is 4.19. The summed E-state index contributed by atoms with van der Waals surface area (Å²) < 4.78 is 0. The van der Waals surface area contributed by atoms with Crippen LogP contribution in [0.1, 0.15) is 28.2 Å². The van der Waals surface area contributed by atoms with E-state index in [1.165, 1.54) is 11.1 Å². The molecule has 1 rings (SSSR count). The third-order valence-corrected chi connectivity index (χ3v) is 2.64. The molecule has 0 bridgehead atoms. The van der Waals surface area contributed by atoms with Crippen molar-refractivity contribution in [1.82, 2.24) is 0 Å². The molecule has 0 amide bonds. The first-order valence-electron chi connectivity index (χ1n) is 4.75. The fourth-order valence-corrected chi connectivity index (χ4v) is 1.60. The lowest BCUT2D eigenvalue weighted by Gasteiger charge is -2.13. The Morgan fingerprint density at radius 2 is 1.79 bits per heavy atom. The zero-order valence-corrected chi connectivity index (χ0v) is 8.96. The maximum Gasteiger partial charge on any atom is 0.0683 e. The van der Waals surface area contributed by atoms with Gasteiger partial charge in [-0.1, -0.05) is 18.1 Å². The van der Waals surface area contributed by atoms with E-state index in [0.29, 0.717) is 0 Å². The van der Waals surface area contributed by atoms with Gasteiger partial charge in [-0.2, -0.15) is 0 Å². The van der Waals surface area contributed by atoms with Crippen LogP contribution in [0.25, 0.3) is 0 Å². The van der Waals surface area contributed by atoms with Crippen molar-refractivity contribution in [3.8, 4) is 12.3 Å². The lowest BCUT2D eigenvalue weighted by molar-refractivity contribution is 0.286. The molecule has 1 nitrogen and oxygen atoms in total. The highest BCUT2D eigenvalue weighted by atomic mass is 16.3. The van der Waals surface area contributed by atoms with Crippen LogP contribution in [0.5, 0.6) is 0 Å². The van der Waals surface area contributed by atoms with Gasteiger partial charge in [0.25, 0.3) is 0 Å². The van der Waals surface area contributed by atoms with Gasteiger partial charge < -0.3 is 5.11 Å². The molecule has 0 saturated carbocycles. The van der Waals surface area contributed by atoms with E-state index in [2.05, 4.69) is 31.9 Å². The molecule has 0 radical (unpaired) electrons. The second-order valence-corrected chi connectivity index (χ2v) is 3.69. The third kappa shape index (κ3) is 1.97. The molecule has 1 aromatic rings. The Bertz CT molecular complexity index is 372. The standard InChI is InChI=1S/C13H16O/c1-5-12(8-14)13-7-10(3)9(2)6-11(13)4/h1,6-7,12,14H,8H2,2-4H3. The van der Waals surface area contributed by atoms with Crippen molar-refractivity contribution in [3.05, 3.63) is 34.4 Å². The first-order valence-corrected chi connectivity index (χ1v) is 4.75. The first-order chi connectivity index (χ1) is 6.60. The Morgan fingerprint density at radius 3 is 2.29 bits per heavy atom. The van der Waals surface area contributed by atoms with Crippen molar-refractivity contribution in [2.75, 3.05) is 6.61 Å². The van der Waals surface area contributed by atoms with Crippen molar-refractivity contribution >= 4 is 0 Å². The molecule has 0 aliphatic rings. The van der Waals surface area contributed by atoms with Crippen LogP contribution >= 0.6 is 0 Å². The van der Waals surface area contributed by atoms with Crippen LogP contribution in [-0.2, 0) is 0 Å². The van der Waals surface area contributed by atoms with Crippen LogP contribution < -0.4 is 0 Å². The quantitative estimate of drug-likeness (QED) is 0.706. The van der Waals surface area contributed by atoms with E-state index >= 15 is 0 Å². The maximum absolute atomic E-state index is 9.12. The summed E-state index contributed by atoms with van der Waals surface area (Å²) in [7, 11) is 0. The van der Waals surface area contributed by atoms with Crippen LogP contribution in [0.3, 0.4) is 0 Å². The molecule has 0 saturated heterocycles. The second kappa shape index (κ2) is 4.30. The lowest BCUT2D eigenvalue weighted by atomic mass is 9.92. The molecule has 1 atom stereocenters. The zero-order valence-electron chi connectivity index (χ0n) is 8.96. The van der Waals surface area contributed by atoms with Crippen LogP contribution in [0.15, 0.2) is 12.1 Å². The minimum Gasteiger partial charge on any atom is -0.395 e. The highest BCUT2D eigenvalue weighted by Crippen LogP contribution is 2.22. The molecule has 74 valence electrons. The highest BCUT2D eigenvalue weighted by Gasteiger charge is 2.10. The minimum atomic E-state index is -0.172. The smallest absolute Gasteiger partial charge is 0.0683 e. The van der Waals surface area contributed by atoms with Gasteiger partial charge in [0, 0.05) is 0 Å². The Labute approximate surface area is 85.8 Å². The molecule has 0 fully saturated rings. The molecular weight excluding hydrogens is 172 g/mol. The fourth-order valence-electron chi connectivity index (χ4n) is 1.60. The van der Waals surface area contributed by atoms with Crippen molar-refractivity contribution in [2.24, 2.45) is 0 Å². The van der Waals surface area contributed by atoms with Crippen molar-refractivity contribution in [1.29, 1.82) is 0 Å². The molecule has 0 heterocycles. The summed E-state index contributed by atoms with van der Waals surface area (Å²) in [5.41, 5.74) is 4.71. The molecule has 0 aromatic heterocycles. The molecule has 1 unspecified atom stereocenters. The normalized spacial score (nSPS) is 12.2. The number of aliphatic hydroxyl groups is 1. The Morgan fingerprint density at radius 1 is 1.21 bits per heavy atom. The number of aliphatic hydroxyl groups excluding tert-OH is 1. The van der Waals surface area contributed by atoms with E-state index in [4.69, 9.17) is 11.5 Å². The van der Waals surface area contributed by atoms with Gasteiger partial charge in [0.15, 0.2) is 0 Å². The zero-order chi connectivity index (χ0) is 10.7. The first kappa shape index (κ1) is 10.8. The summed E-state index contributed by atoms with van der Waals surface area (Å²) in [4.78, 5) is 0. The Kier molecular flexibility index (Phi) is 3.33. The summed E-state index contributed by atoms with van der Waals surface area (Å²) in [6.07, 6.45) is 5.36. The molecule has 0 aliphatic heterocycles. The summed E-state index contributed by atoms with van der Waals surface area (Å²) in [5, 5.41) is 9.12. The molecule has 1 N–H and O–H groups in total. The second-order valence-electron chi connectivity index (χ2n) is 3.69. The van der Waals surface area contributed by atoms with E-state index in [-0.39, 0.29) is 12.5 Å². The van der Waals surface area contributed by atoms with Crippen LogP contribution in [0, 0.1) is 33.1 Å². The van der Waals surface area contributed by atoms with Crippen LogP contribution in [0.2, 0.25) is 0 Å². The number of benzene rings is 1. The van der Waals surface area contributed by atoms with Gasteiger partial charge in [-0.25, -0.2) is 0 Å².